The van der Waals surface area contributed by atoms with Gasteiger partial charge in [-0.3, -0.25) is 4.79 Å². The third-order valence-corrected chi connectivity index (χ3v) is 2.51. The number of carbonyl (C=O) groups excluding carboxylic acids is 1. The lowest BCUT2D eigenvalue weighted by Crippen LogP contribution is -2.06. The van der Waals surface area contributed by atoms with E-state index in [4.69, 9.17) is 0 Å². The van der Waals surface area contributed by atoms with Gasteiger partial charge in [-0.05, 0) is 12.8 Å². The normalized spacial score (nSPS) is 11.7. The summed E-state index contributed by atoms with van der Waals surface area (Å²) in [6.07, 6.45) is -3.78. The van der Waals surface area contributed by atoms with Crippen LogP contribution in [0.25, 0.3) is 0 Å². The molecule has 0 heterocycles. The Bertz CT molecular complexity index is 156. The molecular formula is C8H13F3OS. The number of hydrogen-bond acceptors (Lipinski definition) is 2. The minimum absolute atomic E-state index is 0.0482. The highest BCUT2D eigenvalue weighted by Crippen LogP contribution is 2.22. The first-order valence-electron chi connectivity index (χ1n) is 4.18. The Morgan fingerprint density at radius 3 is 2.38 bits per heavy atom. The first-order chi connectivity index (χ1) is 5.95. The van der Waals surface area contributed by atoms with Crippen molar-refractivity contribution in [1.29, 1.82) is 0 Å². The van der Waals surface area contributed by atoms with E-state index >= 15 is 0 Å². The summed E-state index contributed by atoms with van der Waals surface area (Å²) in [6.45, 7) is 1.74. The van der Waals surface area contributed by atoms with Crippen LogP contribution in [0, 0.1) is 0 Å². The van der Waals surface area contributed by atoms with Gasteiger partial charge in [0.1, 0.15) is 0 Å². The minimum atomic E-state index is -4.06. The van der Waals surface area contributed by atoms with Gasteiger partial charge in [-0.1, -0.05) is 18.7 Å². The van der Waals surface area contributed by atoms with Crippen molar-refractivity contribution in [2.45, 2.75) is 38.8 Å². The highest BCUT2D eigenvalue weighted by Gasteiger charge is 2.25. The Labute approximate surface area is 80.1 Å². The molecule has 0 aliphatic rings. The second kappa shape index (κ2) is 6.29. The molecule has 0 saturated heterocycles. The average Bonchev–Trinajstić information content (AvgIpc) is 2.01. The van der Waals surface area contributed by atoms with E-state index in [0.29, 0.717) is 18.6 Å². The largest absolute Gasteiger partial charge is 0.389 e. The number of unbranched alkanes of at least 4 members (excludes halogenated alkanes) is 1. The standard InChI is InChI=1S/C8H13F3OS/c1-2-7(12)13-6-4-3-5-8(9,10)11/h2-6H2,1H3. The molecule has 0 amide bonds. The van der Waals surface area contributed by atoms with Crippen molar-refractivity contribution in [1.82, 2.24) is 0 Å². The van der Waals surface area contributed by atoms with E-state index in [-0.39, 0.29) is 11.5 Å². The maximum Gasteiger partial charge on any atom is 0.389 e. The lowest BCUT2D eigenvalue weighted by Gasteiger charge is -2.04. The number of rotatable bonds is 5. The van der Waals surface area contributed by atoms with Crippen LogP contribution < -0.4 is 0 Å². The molecule has 1 nitrogen and oxygen atoms in total. The van der Waals surface area contributed by atoms with Crippen LogP contribution in [0.3, 0.4) is 0 Å². The molecule has 0 radical (unpaired) electrons. The molecule has 0 aromatic heterocycles. The molecule has 0 aliphatic heterocycles. The molecule has 78 valence electrons. The summed E-state index contributed by atoms with van der Waals surface area (Å²) >= 11 is 1.12. The van der Waals surface area contributed by atoms with Crippen LogP contribution in [0.1, 0.15) is 32.6 Å². The second-order valence-corrected chi connectivity index (χ2v) is 3.80. The number of alkyl halides is 3. The summed E-state index contributed by atoms with van der Waals surface area (Å²) in [7, 11) is 0. The lowest BCUT2D eigenvalue weighted by molar-refractivity contribution is -0.135. The van der Waals surface area contributed by atoms with Crippen molar-refractivity contribution < 1.29 is 18.0 Å². The SMILES string of the molecule is CCC(=O)SCCCCC(F)(F)F. The zero-order valence-corrected chi connectivity index (χ0v) is 8.30. The quantitative estimate of drug-likeness (QED) is 0.652. The fourth-order valence-electron chi connectivity index (χ4n) is 0.716. The number of hydrogen-bond donors (Lipinski definition) is 0. The average molecular weight is 214 g/mol. The second-order valence-electron chi connectivity index (χ2n) is 2.65. The zero-order chi connectivity index (χ0) is 10.3. The van der Waals surface area contributed by atoms with Gasteiger partial charge in [0.2, 0.25) is 0 Å². The Balaban J connectivity index is 3.22. The molecule has 0 aromatic rings. The molecule has 0 N–H and O–H groups in total. The summed E-state index contributed by atoms with van der Waals surface area (Å²) in [6, 6.07) is 0. The zero-order valence-electron chi connectivity index (χ0n) is 7.49. The summed E-state index contributed by atoms with van der Waals surface area (Å²) in [4.78, 5) is 10.7. The third kappa shape index (κ3) is 9.73. The number of carbonyl (C=O) groups is 1. The maximum absolute atomic E-state index is 11.6. The lowest BCUT2D eigenvalue weighted by atomic mass is 10.2. The molecule has 0 saturated carbocycles. The topological polar surface area (TPSA) is 17.1 Å². The van der Waals surface area contributed by atoms with Gasteiger partial charge in [-0.25, -0.2) is 0 Å². The molecule has 0 bridgehead atoms. The third-order valence-electron chi connectivity index (χ3n) is 1.41. The summed E-state index contributed by atoms with van der Waals surface area (Å²) in [5, 5.41) is 0.0482. The summed E-state index contributed by atoms with van der Waals surface area (Å²) in [5.74, 6) is 0.503. The predicted molar refractivity (Wildman–Crippen MR) is 47.7 cm³/mol. The molecule has 5 heteroatoms. The molecule has 0 aromatic carbocycles. The molecule has 0 spiro atoms. The Hall–Kier alpha value is -0.190. The van der Waals surface area contributed by atoms with Crippen molar-refractivity contribution in [2.24, 2.45) is 0 Å². The van der Waals surface area contributed by atoms with Crippen LogP contribution in [0.4, 0.5) is 13.2 Å². The van der Waals surface area contributed by atoms with Gasteiger partial charge >= 0.3 is 6.18 Å². The maximum atomic E-state index is 11.6. The minimum Gasteiger partial charge on any atom is -0.287 e. The van der Waals surface area contributed by atoms with Crippen molar-refractivity contribution in [3.05, 3.63) is 0 Å². The Kier molecular flexibility index (Phi) is 6.20. The van der Waals surface area contributed by atoms with E-state index in [0.717, 1.165) is 11.8 Å². The molecule has 0 unspecified atom stereocenters. The van der Waals surface area contributed by atoms with Gasteiger partial charge in [0.25, 0.3) is 0 Å². The van der Waals surface area contributed by atoms with Gasteiger partial charge in [0, 0.05) is 18.6 Å². The highest BCUT2D eigenvalue weighted by atomic mass is 32.2. The first kappa shape index (κ1) is 12.8. The van der Waals surface area contributed by atoms with E-state index < -0.39 is 12.6 Å². The van der Waals surface area contributed by atoms with Crippen molar-refractivity contribution in [3.63, 3.8) is 0 Å². The van der Waals surface area contributed by atoms with Crippen LogP contribution in [-0.4, -0.2) is 17.0 Å². The first-order valence-corrected chi connectivity index (χ1v) is 5.16. The van der Waals surface area contributed by atoms with Crippen LogP contribution in [-0.2, 0) is 4.79 Å². The molecular weight excluding hydrogens is 201 g/mol. The predicted octanol–water partition coefficient (Wildman–Crippen LogP) is 3.39. The summed E-state index contributed by atoms with van der Waals surface area (Å²) in [5.41, 5.74) is 0. The molecule has 0 fully saturated rings. The molecule has 0 atom stereocenters. The number of thioether (sulfide) groups is 1. The van der Waals surface area contributed by atoms with Crippen molar-refractivity contribution in [3.8, 4) is 0 Å². The highest BCUT2D eigenvalue weighted by molar-refractivity contribution is 8.13. The molecule has 0 aliphatic carbocycles. The van der Waals surface area contributed by atoms with E-state index in [1.54, 1.807) is 6.92 Å². The van der Waals surface area contributed by atoms with E-state index in [1.165, 1.54) is 0 Å². The van der Waals surface area contributed by atoms with E-state index in [1.807, 2.05) is 0 Å². The van der Waals surface area contributed by atoms with Gasteiger partial charge in [-0.2, -0.15) is 13.2 Å². The molecule has 13 heavy (non-hydrogen) atoms. The van der Waals surface area contributed by atoms with E-state index in [9.17, 15) is 18.0 Å². The fourth-order valence-corrected chi connectivity index (χ4v) is 1.50. The number of halogens is 3. The van der Waals surface area contributed by atoms with Crippen LogP contribution in [0.15, 0.2) is 0 Å². The summed E-state index contributed by atoms with van der Waals surface area (Å²) < 4.78 is 34.9. The van der Waals surface area contributed by atoms with Crippen molar-refractivity contribution in [2.75, 3.05) is 5.75 Å². The van der Waals surface area contributed by atoms with E-state index in [2.05, 4.69) is 0 Å². The van der Waals surface area contributed by atoms with Gasteiger partial charge < -0.3 is 0 Å². The Morgan fingerprint density at radius 1 is 1.31 bits per heavy atom. The molecule has 0 rings (SSSR count). The monoisotopic (exact) mass is 214 g/mol. The van der Waals surface area contributed by atoms with Crippen LogP contribution >= 0.6 is 11.8 Å². The van der Waals surface area contributed by atoms with Crippen molar-refractivity contribution >= 4 is 16.9 Å². The van der Waals surface area contributed by atoms with Gasteiger partial charge in [0.15, 0.2) is 5.12 Å². The fraction of sp³-hybridized carbons (Fsp3) is 0.875. The smallest absolute Gasteiger partial charge is 0.287 e. The Morgan fingerprint density at radius 2 is 1.92 bits per heavy atom. The van der Waals surface area contributed by atoms with Crippen LogP contribution in [0.5, 0.6) is 0 Å². The van der Waals surface area contributed by atoms with Crippen LogP contribution in [0.2, 0.25) is 0 Å². The van der Waals surface area contributed by atoms with Gasteiger partial charge in [-0.15, -0.1) is 0 Å². The van der Waals surface area contributed by atoms with Gasteiger partial charge in [0.05, 0.1) is 0 Å².